The Hall–Kier alpha value is -4.21. The molecule has 2 heterocycles. The van der Waals surface area contributed by atoms with Crippen LogP contribution in [0.25, 0.3) is 11.3 Å². The zero-order chi connectivity index (χ0) is 26.1. The van der Waals surface area contributed by atoms with Crippen molar-refractivity contribution in [3.05, 3.63) is 77.8 Å². The van der Waals surface area contributed by atoms with E-state index in [2.05, 4.69) is 35.6 Å². The predicted octanol–water partition coefficient (Wildman–Crippen LogP) is 3.38. The number of rotatable bonds is 7. The van der Waals surface area contributed by atoms with E-state index in [1.54, 1.807) is 0 Å². The fraction of sp³-hybridized carbons (Fsp3) is 0.200. The molecule has 16 heteroatoms. The van der Waals surface area contributed by atoms with E-state index in [1.165, 1.54) is 12.1 Å². The van der Waals surface area contributed by atoms with Crippen LogP contribution in [0.1, 0.15) is 11.3 Å². The summed E-state index contributed by atoms with van der Waals surface area (Å²) in [5.74, 6) is -7.41. The smallest absolute Gasteiger partial charge is 0.406 e. The van der Waals surface area contributed by atoms with Gasteiger partial charge in [-0.2, -0.15) is 8.78 Å². The molecule has 0 saturated heterocycles. The van der Waals surface area contributed by atoms with Crippen molar-refractivity contribution in [2.75, 3.05) is 0 Å². The summed E-state index contributed by atoms with van der Waals surface area (Å²) in [6.07, 6.45) is -3.43. The van der Waals surface area contributed by atoms with E-state index >= 15 is 8.78 Å². The van der Waals surface area contributed by atoms with Gasteiger partial charge in [-0.1, -0.05) is 0 Å². The molecule has 4 rings (SSSR count). The van der Waals surface area contributed by atoms with Gasteiger partial charge < -0.3 is 9.84 Å². The SMILES string of the molecule is OC(Cn1nnnn1)(c1ccc(F)cc1F)C(F)(F)c1cnc(-c2ccc(OC(F)(F)F)cc2)cn1. The number of alkyl halides is 5. The van der Waals surface area contributed by atoms with E-state index < -0.39 is 53.1 Å². The number of halogens is 7. The van der Waals surface area contributed by atoms with Gasteiger partial charge in [-0.3, -0.25) is 9.97 Å². The van der Waals surface area contributed by atoms with Gasteiger partial charge in [-0.15, -0.1) is 18.0 Å². The molecule has 1 atom stereocenters. The third-order valence-corrected chi connectivity index (χ3v) is 4.95. The quantitative estimate of drug-likeness (QED) is 0.373. The molecule has 9 nitrogen and oxygen atoms in total. The molecule has 0 spiro atoms. The first-order valence-electron chi connectivity index (χ1n) is 9.72. The van der Waals surface area contributed by atoms with Crippen LogP contribution in [-0.2, 0) is 18.1 Å². The van der Waals surface area contributed by atoms with Crippen molar-refractivity contribution in [1.29, 1.82) is 0 Å². The summed E-state index contributed by atoms with van der Waals surface area (Å²) in [6, 6.07) is 5.98. The lowest BCUT2D eigenvalue weighted by Gasteiger charge is -2.35. The third-order valence-electron chi connectivity index (χ3n) is 4.95. The highest BCUT2D eigenvalue weighted by Crippen LogP contribution is 2.46. The molecule has 4 aromatic rings. The maximum Gasteiger partial charge on any atom is 0.573 e. The topological polar surface area (TPSA) is 112 Å². The van der Waals surface area contributed by atoms with Gasteiger partial charge in [0.15, 0.2) is 5.60 Å². The molecule has 0 saturated carbocycles. The second-order valence-corrected chi connectivity index (χ2v) is 7.31. The fourth-order valence-electron chi connectivity index (χ4n) is 3.27. The number of aromatic nitrogens is 7. The summed E-state index contributed by atoms with van der Waals surface area (Å²) in [5, 5.41) is 23.9. The van der Waals surface area contributed by atoms with E-state index in [4.69, 9.17) is 0 Å². The molecular weight excluding hydrogens is 503 g/mol. The van der Waals surface area contributed by atoms with Crippen LogP contribution in [0.2, 0.25) is 0 Å². The Labute approximate surface area is 196 Å². The molecule has 188 valence electrons. The largest absolute Gasteiger partial charge is 0.573 e. The minimum absolute atomic E-state index is 0.00764. The van der Waals surface area contributed by atoms with Gasteiger partial charge in [0.2, 0.25) is 0 Å². The molecule has 1 N–H and O–H groups in total. The molecule has 2 aromatic carbocycles. The molecule has 0 bridgehead atoms. The number of nitrogens with zero attached hydrogens (tertiary/aromatic N) is 7. The highest BCUT2D eigenvalue weighted by Gasteiger charge is 2.58. The minimum atomic E-state index is -4.90. The Morgan fingerprint density at radius 1 is 0.861 bits per heavy atom. The van der Waals surface area contributed by atoms with Crippen LogP contribution in [0.15, 0.2) is 54.9 Å². The van der Waals surface area contributed by atoms with Gasteiger partial charge >= 0.3 is 12.3 Å². The molecular formula is C20H12F7N7O2. The van der Waals surface area contributed by atoms with Crippen LogP contribution in [0, 0.1) is 11.6 Å². The molecule has 1 unspecified atom stereocenters. The number of hydrogen-bond donors (Lipinski definition) is 1. The first-order chi connectivity index (χ1) is 16.9. The molecule has 0 aliphatic heterocycles. The van der Waals surface area contributed by atoms with Gasteiger partial charge in [-0.25, -0.2) is 8.78 Å². The highest BCUT2D eigenvalue weighted by atomic mass is 19.4. The van der Waals surface area contributed by atoms with Gasteiger partial charge in [0.25, 0.3) is 0 Å². The van der Waals surface area contributed by atoms with E-state index in [0.29, 0.717) is 29.2 Å². The Balaban J connectivity index is 1.69. The molecule has 36 heavy (non-hydrogen) atoms. The Kier molecular flexibility index (Phi) is 6.30. The number of ether oxygens (including phenoxy) is 1. The van der Waals surface area contributed by atoms with Crippen molar-refractivity contribution < 1.29 is 40.6 Å². The first-order valence-corrected chi connectivity index (χ1v) is 9.72. The van der Waals surface area contributed by atoms with Crippen molar-refractivity contribution in [2.24, 2.45) is 0 Å². The Bertz CT molecular complexity index is 1330. The number of hydrogen-bond acceptors (Lipinski definition) is 8. The monoisotopic (exact) mass is 515 g/mol. The van der Waals surface area contributed by atoms with Crippen LogP contribution < -0.4 is 4.74 Å². The van der Waals surface area contributed by atoms with Crippen LogP contribution in [0.3, 0.4) is 0 Å². The summed E-state index contributed by atoms with van der Waals surface area (Å²) < 4.78 is 99.9. The standard InChI is InChI=1S/C20H12F7N7O2/c21-12-3-6-14(15(22)7-12)18(35,10-34-32-30-31-33-34)19(23,24)17-9-28-16(8-29-17)11-1-4-13(5-2-11)36-20(25,26)27/h1-9,35H,10H2. The zero-order valence-corrected chi connectivity index (χ0v) is 17.5. The number of aliphatic hydroxyl groups is 1. The van der Waals surface area contributed by atoms with Gasteiger partial charge in [-0.05, 0) is 57.3 Å². The van der Waals surface area contributed by atoms with Crippen LogP contribution in [0.4, 0.5) is 30.7 Å². The lowest BCUT2D eigenvalue weighted by molar-refractivity contribution is -0.274. The summed E-state index contributed by atoms with van der Waals surface area (Å²) in [7, 11) is 0. The van der Waals surface area contributed by atoms with Crippen LogP contribution >= 0.6 is 0 Å². The second-order valence-electron chi connectivity index (χ2n) is 7.31. The van der Waals surface area contributed by atoms with Crippen molar-refractivity contribution in [3.8, 4) is 17.0 Å². The van der Waals surface area contributed by atoms with Crippen LogP contribution in [0.5, 0.6) is 5.75 Å². The maximum absolute atomic E-state index is 15.7. The molecule has 2 aromatic heterocycles. The lowest BCUT2D eigenvalue weighted by atomic mass is 9.85. The summed E-state index contributed by atoms with van der Waals surface area (Å²) in [6.45, 7) is -1.15. The maximum atomic E-state index is 15.7. The minimum Gasteiger partial charge on any atom is -0.406 e. The molecule has 0 aliphatic carbocycles. The highest BCUT2D eigenvalue weighted by molar-refractivity contribution is 5.59. The lowest BCUT2D eigenvalue weighted by Crippen LogP contribution is -2.48. The molecule has 0 fully saturated rings. The number of benzene rings is 2. The van der Waals surface area contributed by atoms with Crippen molar-refractivity contribution in [1.82, 2.24) is 35.6 Å². The average Bonchev–Trinajstić information content (AvgIpc) is 3.31. The van der Waals surface area contributed by atoms with Gasteiger partial charge in [0.05, 0.1) is 18.1 Å². The van der Waals surface area contributed by atoms with Crippen molar-refractivity contribution >= 4 is 0 Å². The fourth-order valence-corrected chi connectivity index (χ4v) is 3.27. The van der Waals surface area contributed by atoms with Crippen LogP contribution in [-0.4, -0.2) is 47.1 Å². The van der Waals surface area contributed by atoms with Crippen molar-refractivity contribution in [3.63, 3.8) is 0 Å². The van der Waals surface area contributed by atoms with E-state index in [-0.39, 0.29) is 11.3 Å². The van der Waals surface area contributed by atoms with E-state index in [1.807, 2.05) is 0 Å². The molecule has 0 aliphatic rings. The Morgan fingerprint density at radius 2 is 1.53 bits per heavy atom. The first kappa shape index (κ1) is 24.9. The molecule has 0 radical (unpaired) electrons. The summed E-state index contributed by atoms with van der Waals surface area (Å²) in [4.78, 5) is 7.92. The summed E-state index contributed by atoms with van der Waals surface area (Å²) >= 11 is 0. The van der Waals surface area contributed by atoms with Crippen molar-refractivity contribution in [2.45, 2.75) is 24.4 Å². The van der Waals surface area contributed by atoms with E-state index in [0.717, 1.165) is 18.3 Å². The van der Waals surface area contributed by atoms with Gasteiger partial charge in [0.1, 0.15) is 29.6 Å². The predicted molar refractivity (Wildman–Crippen MR) is 104 cm³/mol. The molecule has 0 amide bonds. The average molecular weight is 515 g/mol. The van der Waals surface area contributed by atoms with E-state index in [9.17, 15) is 27.1 Å². The third kappa shape index (κ3) is 4.93. The second kappa shape index (κ2) is 9.10. The normalized spacial score (nSPS) is 13.9. The Morgan fingerprint density at radius 3 is 2.08 bits per heavy atom. The van der Waals surface area contributed by atoms with Gasteiger partial charge in [0, 0.05) is 17.2 Å². The summed E-state index contributed by atoms with van der Waals surface area (Å²) in [5.41, 5.74) is -5.30. The zero-order valence-electron chi connectivity index (χ0n) is 17.5.